The van der Waals surface area contributed by atoms with E-state index in [2.05, 4.69) is 32.6 Å². The molecule has 86 valence electrons. The number of rotatable bonds is 6. The molecule has 0 amide bonds. The first kappa shape index (κ1) is 12.7. The van der Waals surface area contributed by atoms with Crippen molar-refractivity contribution in [3.63, 3.8) is 0 Å². The molecule has 0 fully saturated rings. The van der Waals surface area contributed by atoms with Gasteiger partial charge in [-0.2, -0.15) is 0 Å². The van der Waals surface area contributed by atoms with Crippen molar-refractivity contribution < 1.29 is 4.79 Å². The molecule has 16 heavy (non-hydrogen) atoms. The number of carbonyl (C=O) groups is 1. The molecule has 1 aromatic carbocycles. The van der Waals surface area contributed by atoms with Gasteiger partial charge in [0.05, 0.1) is 0 Å². The van der Waals surface area contributed by atoms with Gasteiger partial charge in [0.25, 0.3) is 0 Å². The molecule has 0 aliphatic heterocycles. The SMILES string of the molecule is C=C[C@H](C(C)C)[C@H](CC=O)c1ccccc1. The van der Waals surface area contributed by atoms with Gasteiger partial charge in [-0.1, -0.05) is 50.3 Å². The van der Waals surface area contributed by atoms with Gasteiger partial charge in [0, 0.05) is 6.42 Å². The van der Waals surface area contributed by atoms with Crippen molar-refractivity contribution in [2.75, 3.05) is 0 Å². The summed E-state index contributed by atoms with van der Waals surface area (Å²) < 4.78 is 0. The Balaban J connectivity index is 2.98. The molecule has 0 unspecified atom stereocenters. The molecule has 0 aromatic heterocycles. The number of hydrogen-bond acceptors (Lipinski definition) is 1. The molecule has 0 bridgehead atoms. The van der Waals surface area contributed by atoms with Gasteiger partial charge in [0.15, 0.2) is 0 Å². The molecular formula is C15H20O. The van der Waals surface area contributed by atoms with Crippen molar-refractivity contribution >= 4 is 6.29 Å². The lowest BCUT2D eigenvalue weighted by atomic mass is 9.78. The fourth-order valence-electron chi connectivity index (χ4n) is 2.22. The minimum Gasteiger partial charge on any atom is -0.303 e. The first-order valence-electron chi connectivity index (χ1n) is 5.81. The molecule has 1 nitrogen and oxygen atoms in total. The van der Waals surface area contributed by atoms with Crippen molar-refractivity contribution in [2.24, 2.45) is 11.8 Å². The van der Waals surface area contributed by atoms with Crippen LogP contribution >= 0.6 is 0 Å². The van der Waals surface area contributed by atoms with Crippen LogP contribution in [-0.4, -0.2) is 6.29 Å². The Hall–Kier alpha value is -1.37. The summed E-state index contributed by atoms with van der Waals surface area (Å²) in [6.45, 7) is 8.24. The van der Waals surface area contributed by atoms with E-state index < -0.39 is 0 Å². The van der Waals surface area contributed by atoms with Crippen LogP contribution in [0.2, 0.25) is 0 Å². The molecule has 0 saturated heterocycles. The fraction of sp³-hybridized carbons (Fsp3) is 0.400. The summed E-state index contributed by atoms with van der Waals surface area (Å²) in [6.07, 6.45) is 3.56. The summed E-state index contributed by atoms with van der Waals surface area (Å²) in [7, 11) is 0. The average molecular weight is 216 g/mol. The van der Waals surface area contributed by atoms with E-state index >= 15 is 0 Å². The number of benzene rings is 1. The molecule has 1 heteroatoms. The van der Waals surface area contributed by atoms with Crippen LogP contribution in [0.15, 0.2) is 43.0 Å². The zero-order chi connectivity index (χ0) is 12.0. The topological polar surface area (TPSA) is 17.1 Å². The second kappa shape index (κ2) is 6.26. The smallest absolute Gasteiger partial charge is 0.120 e. The summed E-state index contributed by atoms with van der Waals surface area (Å²) in [4.78, 5) is 10.8. The lowest BCUT2D eigenvalue weighted by Gasteiger charge is -2.26. The molecular weight excluding hydrogens is 196 g/mol. The van der Waals surface area contributed by atoms with E-state index in [1.165, 1.54) is 5.56 Å². The first-order valence-corrected chi connectivity index (χ1v) is 5.81. The minimum absolute atomic E-state index is 0.260. The second-order valence-corrected chi connectivity index (χ2v) is 4.48. The standard InChI is InChI=1S/C15H20O/c1-4-14(12(2)3)15(10-11-16)13-8-6-5-7-9-13/h4-9,11-12,14-15H,1,10H2,2-3H3/t14-,15-/m1/s1. The average Bonchev–Trinajstić information content (AvgIpc) is 2.29. The number of hydrogen-bond donors (Lipinski definition) is 0. The Kier molecular flexibility index (Phi) is 4.97. The van der Waals surface area contributed by atoms with Gasteiger partial charge in [-0.3, -0.25) is 0 Å². The maximum absolute atomic E-state index is 10.8. The molecule has 0 aliphatic carbocycles. The van der Waals surface area contributed by atoms with Crippen molar-refractivity contribution in [1.82, 2.24) is 0 Å². The number of allylic oxidation sites excluding steroid dienone is 1. The molecule has 0 heterocycles. The molecule has 1 aromatic rings. The van der Waals surface area contributed by atoms with Crippen molar-refractivity contribution in [3.05, 3.63) is 48.6 Å². The first-order chi connectivity index (χ1) is 7.70. The third-order valence-corrected chi connectivity index (χ3v) is 3.08. The maximum atomic E-state index is 10.8. The van der Waals surface area contributed by atoms with Crippen LogP contribution in [0.3, 0.4) is 0 Å². The highest BCUT2D eigenvalue weighted by Gasteiger charge is 2.22. The quantitative estimate of drug-likeness (QED) is 0.522. The van der Waals surface area contributed by atoms with Gasteiger partial charge in [0.2, 0.25) is 0 Å². The summed E-state index contributed by atoms with van der Waals surface area (Å²) in [5.74, 6) is 1.12. The van der Waals surface area contributed by atoms with Crippen LogP contribution in [0.1, 0.15) is 31.7 Å². The van der Waals surface area contributed by atoms with E-state index in [0.29, 0.717) is 18.3 Å². The molecule has 2 atom stereocenters. The van der Waals surface area contributed by atoms with Gasteiger partial charge in [-0.25, -0.2) is 0 Å². The fourth-order valence-corrected chi connectivity index (χ4v) is 2.22. The van der Waals surface area contributed by atoms with Crippen molar-refractivity contribution in [2.45, 2.75) is 26.2 Å². The highest BCUT2D eigenvalue weighted by Crippen LogP contribution is 2.33. The van der Waals surface area contributed by atoms with Crippen molar-refractivity contribution in [3.8, 4) is 0 Å². The van der Waals surface area contributed by atoms with Crippen LogP contribution in [0.5, 0.6) is 0 Å². The monoisotopic (exact) mass is 216 g/mol. The zero-order valence-electron chi connectivity index (χ0n) is 10.1. The zero-order valence-corrected chi connectivity index (χ0v) is 10.1. The number of carbonyl (C=O) groups excluding carboxylic acids is 1. The molecule has 0 radical (unpaired) electrons. The van der Waals surface area contributed by atoms with Crippen LogP contribution in [0.25, 0.3) is 0 Å². The van der Waals surface area contributed by atoms with E-state index in [1.54, 1.807) is 0 Å². The largest absolute Gasteiger partial charge is 0.303 e. The van der Waals surface area contributed by atoms with Crippen LogP contribution in [0, 0.1) is 11.8 Å². The lowest BCUT2D eigenvalue weighted by molar-refractivity contribution is -0.108. The lowest BCUT2D eigenvalue weighted by Crippen LogP contribution is -2.17. The van der Waals surface area contributed by atoms with Gasteiger partial charge >= 0.3 is 0 Å². The van der Waals surface area contributed by atoms with E-state index in [1.807, 2.05) is 24.3 Å². The molecule has 0 saturated carbocycles. The predicted molar refractivity (Wildman–Crippen MR) is 68.4 cm³/mol. The number of aldehydes is 1. The van der Waals surface area contributed by atoms with E-state index in [0.717, 1.165) is 6.29 Å². The highest BCUT2D eigenvalue weighted by atomic mass is 16.1. The Labute approximate surface area is 98.2 Å². The Morgan fingerprint density at radius 2 is 1.88 bits per heavy atom. The van der Waals surface area contributed by atoms with Crippen LogP contribution in [0.4, 0.5) is 0 Å². The molecule has 0 spiro atoms. The minimum atomic E-state index is 0.260. The van der Waals surface area contributed by atoms with Gasteiger partial charge in [0.1, 0.15) is 6.29 Å². The van der Waals surface area contributed by atoms with E-state index in [4.69, 9.17) is 0 Å². The second-order valence-electron chi connectivity index (χ2n) is 4.48. The Morgan fingerprint density at radius 3 is 2.31 bits per heavy atom. The van der Waals surface area contributed by atoms with Crippen LogP contribution in [-0.2, 0) is 4.79 Å². The predicted octanol–water partition coefficient (Wildman–Crippen LogP) is 3.82. The Morgan fingerprint density at radius 1 is 1.25 bits per heavy atom. The summed E-state index contributed by atoms with van der Waals surface area (Å²) in [5, 5.41) is 0. The summed E-state index contributed by atoms with van der Waals surface area (Å²) >= 11 is 0. The van der Waals surface area contributed by atoms with Gasteiger partial charge < -0.3 is 4.79 Å². The molecule has 1 rings (SSSR count). The van der Waals surface area contributed by atoms with Gasteiger partial charge in [-0.05, 0) is 23.3 Å². The van der Waals surface area contributed by atoms with Crippen LogP contribution < -0.4 is 0 Å². The van der Waals surface area contributed by atoms with Gasteiger partial charge in [-0.15, -0.1) is 6.58 Å². The van der Waals surface area contributed by atoms with E-state index in [-0.39, 0.29) is 5.92 Å². The molecule has 0 N–H and O–H groups in total. The Bertz CT molecular complexity index is 327. The summed E-state index contributed by atoms with van der Waals surface area (Å²) in [5.41, 5.74) is 1.23. The van der Waals surface area contributed by atoms with Crippen molar-refractivity contribution in [1.29, 1.82) is 0 Å². The molecule has 0 aliphatic rings. The maximum Gasteiger partial charge on any atom is 0.120 e. The normalized spacial score (nSPS) is 14.4. The third-order valence-electron chi connectivity index (χ3n) is 3.08. The summed E-state index contributed by atoms with van der Waals surface area (Å²) in [6, 6.07) is 10.2. The van der Waals surface area contributed by atoms with E-state index in [9.17, 15) is 4.79 Å². The third kappa shape index (κ3) is 3.06. The highest BCUT2D eigenvalue weighted by molar-refractivity contribution is 5.52.